The first-order valence-electron chi connectivity index (χ1n) is 5.55. The number of benzene rings is 1. The van der Waals surface area contributed by atoms with Crippen LogP contribution in [0.15, 0.2) is 22.7 Å². The molecule has 1 aromatic carbocycles. The molecule has 0 saturated carbocycles. The minimum atomic E-state index is -0.397. The molecule has 1 fully saturated rings. The van der Waals surface area contributed by atoms with Gasteiger partial charge >= 0.3 is 0 Å². The van der Waals surface area contributed by atoms with Gasteiger partial charge in [-0.3, -0.25) is 4.79 Å². The lowest BCUT2D eigenvalue weighted by atomic mass is 10.1. The molecule has 3 nitrogen and oxygen atoms in total. The van der Waals surface area contributed by atoms with Gasteiger partial charge in [0.1, 0.15) is 5.82 Å². The van der Waals surface area contributed by atoms with Gasteiger partial charge in [0.05, 0.1) is 0 Å². The number of amides is 1. The fraction of sp³-hybridized carbons (Fsp3) is 0.417. The molecule has 1 amide bonds. The first kappa shape index (κ1) is 12.5. The third kappa shape index (κ3) is 3.04. The van der Waals surface area contributed by atoms with Crippen LogP contribution in [0.25, 0.3) is 0 Å². The van der Waals surface area contributed by atoms with Crippen molar-refractivity contribution in [2.75, 3.05) is 19.6 Å². The highest BCUT2D eigenvalue weighted by atomic mass is 79.9. The Kier molecular flexibility index (Phi) is 3.79. The van der Waals surface area contributed by atoms with Crippen LogP contribution in [0.5, 0.6) is 0 Å². The highest BCUT2D eigenvalue weighted by Crippen LogP contribution is 2.17. The molecule has 1 saturated heterocycles. The summed E-state index contributed by atoms with van der Waals surface area (Å²) in [5.74, 6) is -0.510. The molecule has 1 unspecified atom stereocenters. The van der Waals surface area contributed by atoms with Crippen molar-refractivity contribution in [2.45, 2.75) is 13.0 Å². The molecule has 1 atom stereocenters. The Labute approximate surface area is 108 Å². The van der Waals surface area contributed by atoms with Gasteiger partial charge in [0.15, 0.2) is 0 Å². The number of carbonyl (C=O) groups excluding carboxylic acids is 1. The van der Waals surface area contributed by atoms with Crippen LogP contribution in [-0.4, -0.2) is 36.5 Å². The highest BCUT2D eigenvalue weighted by molar-refractivity contribution is 9.10. The average Bonchev–Trinajstić information content (AvgIpc) is 2.26. The Hall–Kier alpha value is -0.940. The van der Waals surface area contributed by atoms with Crippen molar-refractivity contribution < 1.29 is 9.18 Å². The number of hydrogen-bond acceptors (Lipinski definition) is 2. The first-order chi connectivity index (χ1) is 8.06. The van der Waals surface area contributed by atoms with E-state index in [1.54, 1.807) is 11.0 Å². The fourth-order valence-corrected chi connectivity index (χ4v) is 2.44. The number of piperazine rings is 1. The normalized spacial score (nSPS) is 20.4. The fourth-order valence-electron chi connectivity index (χ4n) is 1.98. The summed E-state index contributed by atoms with van der Waals surface area (Å²) in [6, 6.07) is 4.56. The van der Waals surface area contributed by atoms with E-state index in [4.69, 9.17) is 0 Å². The molecule has 0 bridgehead atoms. The summed E-state index contributed by atoms with van der Waals surface area (Å²) < 4.78 is 13.8. The molecular formula is C12H14BrFN2O. The summed E-state index contributed by atoms with van der Waals surface area (Å²) in [5.41, 5.74) is 0.394. The molecule has 0 aliphatic carbocycles. The molecule has 17 heavy (non-hydrogen) atoms. The smallest absolute Gasteiger partial charge is 0.254 e. The van der Waals surface area contributed by atoms with E-state index in [2.05, 4.69) is 21.2 Å². The number of nitrogens with zero attached hydrogens (tertiary/aromatic N) is 1. The molecule has 2 rings (SSSR count). The maximum atomic E-state index is 13.2. The number of rotatable bonds is 1. The second kappa shape index (κ2) is 5.14. The van der Waals surface area contributed by atoms with E-state index in [0.29, 0.717) is 23.1 Å². The second-order valence-corrected chi connectivity index (χ2v) is 5.18. The van der Waals surface area contributed by atoms with Crippen LogP contribution >= 0.6 is 15.9 Å². The van der Waals surface area contributed by atoms with Crippen molar-refractivity contribution in [2.24, 2.45) is 0 Å². The third-order valence-corrected chi connectivity index (χ3v) is 3.22. The molecule has 0 radical (unpaired) electrons. The maximum absolute atomic E-state index is 13.2. The van der Waals surface area contributed by atoms with Gasteiger partial charge in [-0.25, -0.2) is 4.39 Å². The Morgan fingerprint density at radius 2 is 2.29 bits per heavy atom. The topological polar surface area (TPSA) is 32.3 Å². The summed E-state index contributed by atoms with van der Waals surface area (Å²) in [4.78, 5) is 13.9. The molecule has 1 N–H and O–H groups in total. The van der Waals surface area contributed by atoms with E-state index in [0.717, 1.165) is 6.54 Å². The minimum Gasteiger partial charge on any atom is -0.336 e. The van der Waals surface area contributed by atoms with Crippen molar-refractivity contribution >= 4 is 21.8 Å². The zero-order valence-electron chi connectivity index (χ0n) is 9.54. The molecular weight excluding hydrogens is 287 g/mol. The van der Waals surface area contributed by atoms with Gasteiger partial charge in [-0.1, -0.05) is 15.9 Å². The Bertz CT molecular complexity index is 418. The van der Waals surface area contributed by atoms with Crippen molar-refractivity contribution in [3.05, 3.63) is 34.1 Å². The molecule has 5 heteroatoms. The lowest BCUT2D eigenvalue weighted by Gasteiger charge is -2.32. The van der Waals surface area contributed by atoms with E-state index < -0.39 is 5.82 Å². The van der Waals surface area contributed by atoms with E-state index in [9.17, 15) is 9.18 Å². The summed E-state index contributed by atoms with van der Waals surface area (Å²) in [7, 11) is 0. The summed E-state index contributed by atoms with van der Waals surface area (Å²) in [6.07, 6.45) is 0. The molecule has 92 valence electrons. The van der Waals surface area contributed by atoms with Gasteiger partial charge in [-0.15, -0.1) is 0 Å². The predicted molar refractivity (Wildman–Crippen MR) is 67.5 cm³/mol. The van der Waals surface area contributed by atoms with Gasteiger partial charge < -0.3 is 10.2 Å². The van der Waals surface area contributed by atoms with Gasteiger partial charge in [-0.05, 0) is 25.1 Å². The van der Waals surface area contributed by atoms with Crippen molar-refractivity contribution in [1.29, 1.82) is 0 Å². The Morgan fingerprint density at radius 3 is 2.94 bits per heavy atom. The van der Waals surface area contributed by atoms with Crippen LogP contribution in [0.2, 0.25) is 0 Å². The number of hydrogen-bond donors (Lipinski definition) is 1. The van der Waals surface area contributed by atoms with E-state index in [1.807, 2.05) is 6.92 Å². The quantitative estimate of drug-likeness (QED) is 0.861. The monoisotopic (exact) mass is 300 g/mol. The molecule has 1 aromatic rings. The van der Waals surface area contributed by atoms with Crippen LogP contribution in [0.4, 0.5) is 4.39 Å². The van der Waals surface area contributed by atoms with Gasteiger partial charge in [0.2, 0.25) is 0 Å². The SMILES string of the molecule is CC1CN(C(=O)c2cc(F)cc(Br)c2)CCN1. The third-order valence-electron chi connectivity index (χ3n) is 2.77. The van der Waals surface area contributed by atoms with E-state index in [1.165, 1.54) is 12.1 Å². The van der Waals surface area contributed by atoms with Crippen LogP contribution in [0.1, 0.15) is 17.3 Å². The maximum Gasteiger partial charge on any atom is 0.254 e. The van der Waals surface area contributed by atoms with E-state index >= 15 is 0 Å². The molecule has 1 aliphatic rings. The molecule has 1 heterocycles. The van der Waals surface area contributed by atoms with Gasteiger partial charge in [0, 0.05) is 35.7 Å². The lowest BCUT2D eigenvalue weighted by Crippen LogP contribution is -2.51. The van der Waals surface area contributed by atoms with Crippen LogP contribution in [0, 0.1) is 5.82 Å². The summed E-state index contributed by atoms with van der Waals surface area (Å²) in [5, 5.41) is 3.26. The Balaban J connectivity index is 2.18. The van der Waals surface area contributed by atoms with Crippen LogP contribution in [-0.2, 0) is 0 Å². The minimum absolute atomic E-state index is 0.112. The van der Waals surface area contributed by atoms with Gasteiger partial charge in [0.25, 0.3) is 5.91 Å². The lowest BCUT2D eigenvalue weighted by molar-refractivity contribution is 0.0708. The summed E-state index contributed by atoms with van der Waals surface area (Å²) >= 11 is 3.19. The molecule has 1 aliphatic heterocycles. The van der Waals surface area contributed by atoms with Gasteiger partial charge in [-0.2, -0.15) is 0 Å². The van der Waals surface area contributed by atoms with E-state index in [-0.39, 0.29) is 11.9 Å². The number of nitrogens with one attached hydrogen (secondary N) is 1. The zero-order chi connectivity index (χ0) is 12.4. The molecule has 0 spiro atoms. The standard InChI is InChI=1S/C12H14BrFN2O/c1-8-7-16(3-2-15-8)12(17)9-4-10(13)6-11(14)5-9/h4-6,8,15H,2-3,7H2,1H3. The second-order valence-electron chi connectivity index (χ2n) is 4.26. The number of carbonyl (C=O) groups is 1. The zero-order valence-corrected chi connectivity index (χ0v) is 11.1. The van der Waals surface area contributed by atoms with Crippen LogP contribution in [0.3, 0.4) is 0 Å². The Morgan fingerprint density at radius 1 is 1.53 bits per heavy atom. The highest BCUT2D eigenvalue weighted by Gasteiger charge is 2.22. The van der Waals surface area contributed by atoms with Crippen molar-refractivity contribution in [1.82, 2.24) is 10.2 Å². The van der Waals surface area contributed by atoms with Crippen molar-refractivity contribution in [3.8, 4) is 0 Å². The summed E-state index contributed by atoms with van der Waals surface area (Å²) in [6.45, 7) is 4.13. The largest absolute Gasteiger partial charge is 0.336 e. The van der Waals surface area contributed by atoms with Crippen molar-refractivity contribution in [3.63, 3.8) is 0 Å². The van der Waals surface area contributed by atoms with Crippen LogP contribution < -0.4 is 5.32 Å². The first-order valence-corrected chi connectivity index (χ1v) is 6.34. The predicted octanol–water partition coefficient (Wildman–Crippen LogP) is 2.02. The number of halogens is 2. The average molecular weight is 301 g/mol. The molecule has 0 aromatic heterocycles.